The smallest absolute Gasteiger partial charge is 0.417 e. The highest BCUT2D eigenvalue weighted by atomic mass is 19.4. The zero-order valence-corrected chi connectivity index (χ0v) is 16.3. The molecular formula is C19H24F6N2O2. The molecule has 0 radical (unpaired) electrons. The molecule has 4 nitrogen and oxygen atoms in total. The third kappa shape index (κ3) is 5.77. The van der Waals surface area contributed by atoms with E-state index in [1.807, 2.05) is 13.8 Å². The molecule has 0 spiro atoms. The second-order valence-corrected chi connectivity index (χ2v) is 7.39. The second kappa shape index (κ2) is 8.81. The summed E-state index contributed by atoms with van der Waals surface area (Å²) in [4.78, 5) is 12.8. The predicted molar refractivity (Wildman–Crippen MR) is 94.8 cm³/mol. The van der Waals surface area contributed by atoms with Crippen molar-refractivity contribution in [3.8, 4) is 5.75 Å². The summed E-state index contributed by atoms with van der Waals surface area (Å²) in [6.07, 6.45) is -7.19. The van der Waals surface area contributed by atoms with Crippen LogP contribution in [0.2, 0.25) is 0 Å². The number of hydrogen-bond acceptors (Lipinski definition) is 3. The van der Waals surface area contributed by atoms with Gasteiger partial charge >= 0.3 is 12.4 Å². The minimum atomic E-state index is -5.16. The van der Waals surface area contributed by atoms with Crippen molar-refractivity contribution in [3.63, 3.8) is 0 Å². The number of halogens is 6. The Balaban J connectivity index is 2.44. The number of methoxy groups -OCH3 is 1. The summed E-state index contributed by atoms with van der Waals surface area (Å²) in [6, 6.07) is -0.116. The van der Waals surface area contributed by atoms with Gasteiger partial charge in [0.05, 0.1) is 23.8 Å². The van der Waals surface area contributed by atoms with Crippen LogP contribution >= 0.6 is 0 Å². The van der Waals surface area contributed by atoms with Crippen molar-refractivity contribution >= 4 is 5.91 Å². The lowest BCUT2D eigenvalue weighted by Crippen LogP contribution is -2.53. The van der Waals surface area contributed by atoms with Crippen LogP contribution in [0.25, 0.3) is 0 Å². The molecule has 0 aliphatic heterocycles. The van der Waals surface area contributed by atoms with Crippen LogP contribution in [0.4, 0.5) is 26.3 Å². The Morgan fingerprint density at radius 3 is 2.10 bits per heavy atom. The van der Waals surface area contributed by atoms with E-state index in [1.54, 1.807) is 0 Å². The Morgan fingerprint density at radius 1 is 1.03 bits per heavy atom. The Hall–Kier alpha value is -1.97. The molecule has 0 bridgehead atoms. The molecule has 2 N–H and O–H groups in total. The van der Waals surface area contributed by atoms with Crippen LogP contribution in [-0.2, 0) is 12.4 Å². The summed E-state index contributed by atoms with van der Waals surface area (Å²) in [5.74, 6) is -1.88. The van der Waals surface area contributed by atoms with Gasteiger partial charge in [-0.15, -0.1) is 0 Å². The summed E-state index contributed by atoms with van der Waals surface area (Å²) in [7, 11) is 0.927. The number of ether oxygens (including phenoxy) is 1. The summed E-state index contributed by atoms with van der Waals surface area (Å²) in [6.45, 7) is 3.82. The van der Waals surface area contributed by atoms with E-state index in [1.165, 1.54) is 0 Å². The van der Waals surface area contributed by atoms with Gasteiger partial charge in [0, 0.05) is 18.1 Å². The number of rotatable bonds is 5. The van der Waals surface area contributed by atoms with Crippen molar-refractivity contribution in [3.05, 3.63) is 28.8 Å². The third-order valence-electron chi connectivity index (χ3n) is 4.81. The molecule has 1 aromatic carbocycles. The number of carbonyl (C=O) groups excluding carboxylic acids is 1. The lowest BCUT2D eigenvalue weighted by atomic mass is 9.89. The molecule has 1 saturated carbocycles. The maximum atomic E-state index is 13.5. The minimum absolute atomic E-state index is 0.0534. The van der Waals surface area contributed by atoms with Gasteiger partial charge in [0.1, 0.15) is 5.75 Å². The van der Waals surface area contributed by atoms with E-state index in [2.05, 4.69) is 10.6 Å². The van der Waals surface area contributed by atoms with Gasteiger partial charge in [0.15, 0.2) is 0 Å². The SMILES string of the molecule is COc1cc(C(F)(F)F)cc(C(F)(F)F)c1C(=O)N[C@@H]1CCCC[C@@H]1NC(C)C. The first-order valence-electron chi connectivity index (χ1n) is 9.28. The minimum Gasteiger partial charge on any atom is -0.496 e. The fraction of sp³-hybridized carbons (Fsp3) is 0.632. The first-order chi connectivity index (χ1) is 13.3. The van der Waals surface area contributed by atoms with Gasteiger partial charge in [-0.05, 0) is 25.0 Å². The predicted octanol–water partition coefficient (Wildman–Crippen LogP) is 4.77. The molecule has 0 saturated heterocycles. The molecule has 1 aliphatic carbocycles. The lowest BCUT2D eigenvalue weighted by Gasteiger charge is -2.34. The average Bonchev–Trinajstić information content (AvgIpc) is 2.60. The molecule has 1 aliphatic rings. The summed E-state index contributed by atoms with van der Waals surface area (Å²) < 4.78 is 84.3. The van der Waals surface area contributed by atoms with E-state index in [9.17, 15) is 31.1 Å². The highest BCUT2D eigenvalue weighted by molar-refractivity contribution is 5.99. The van der Waals surface area contributed by atoms with Gasteiger partial charge in [0.2, 0.25) is 0 Å². The van der Waals surface area contributed by atoms with Crippen molar-refractivity contribution in [1.29, 1.82) is 0 Å². The number of hydrogen-bond donors (Lipinski definition) is 2. The molecule has 10 heteroatoms. The van der Waals surface area contributed by atoms with Crippen LogP contribution in [-0.4, -0.2) is 31.1 Å². The van der Waals surface area contributed by atoms with Gasteiger partial charge in [-0.25, -0.2) is 0 Å². The quantitative estimate of drug-likeness (QED) is 0.667. The molecule has 164 valence electrons. The van der Waals surface area contributed by atoms with E-state index in [0.29, 0.717) is 12.5 Å². The maximum Gasteiger partial charge on any atom is 0.417 e. The van der Waals surface area contributed by atoms with Crippen molar-refractivity contribution < 1.29 is 35.9 Å². The van der Waals surface area contributed by atoms with Crippen LogP contribution in [0, 0.1) is 0 Å². The van der Waals surface area contributed by atoms with Crippen LogP contribution in [0.5, 0.6) is 5.75 Å². The molecule has 2 rings (SSSR count). The lowest BCUT2D eigenvalue weighted by molar-refractivity contribution is -0.143. The Morgan fingerprint density at radius 2 is 1.62 bits per heavy atom. The topological polar surface area (TPSA) is 50.4 Å². The van der Waals surface area contributed by atoms with Gasteiger partial charge in [-0.3, -0.25) is 4.79 Å². The average molecular weight is 426 g/mol. The summed E-state index contributed by atoms with van der Waals surface area (Å²) in [5, 5.41) is 5.85. The Kier molecular flexibility index (Phi) is 7.08. The van der Waals surface area contributed by atoms with Gasteiger partial charge in [0.25, 0.3) is 5.91 Å². The first kappa shape index (κ1) is 23.3. The van der Waals surface area contributed by atoms with Crippen LogP contribution in [0.3, 0.4) is 0 Å². The van der Waals surface area contributed by atoms with E-state index in [-0.39, 0.29) is 18.2 Å². The molecule has 0 aromatic heterocycles. The standard InChI is InChI=1S/C19H24F6N2O2/c1-10(2)26-13-6-4-5-7-14(13)27-17(28)16-12(19(23,24)25)8-11(18(20,21)22)9-15(16)29-3/h8-10,13-14,26H,4-7H2,1-3H3,(H,27,28)/t13-,14+/m0/s1. The molecule has 0 heterocycles. The monoisotopic (exact) mass is 426 g/mol. The molecule has 1 aromatic rings. The maximum absolute atomic E-state index is 13.5. The van der Waals surface area contributed by atoms with E-state index in [0.717, 1.165) is 26.4 Å². The summed E-state index contributed by atoms with van der Waals surface area (Å²) in [5.41, 5.74) is -4.15. The highest BCUT2D eigenvalue weighted by Crippen LogP contribution is 2.41. The fourth-order valence-electron chi connectivity index (χ4n) is 3.57. The van der Waals surface area contributed by atoms with Gasteiger partial charge in [-0.2, -0.15) is 26.3 Å². The molecule has 29 heavy (non-hydrogen) atoms. The molecule has 1 fully saturated rings. The Bertz CT molecular complexity index is 731. The number of nitrogens with one attached hydrogen (secondary N) is 2. The second-order valence-electron chi connectivity index (χ2n) is 7.39. The normalized spacial score (nSPS) is 20.6. The molecule has 1 amide bonds. The van der Waals surface area contributed by atoms with E-state index in [4.69, 9.17) is 4.74 Å². The molecule has 2 atom stereocenters. The van der Waals surface area contributed by atoms with Crippen molar-refractivity contribution in [2.75, 3.05) is 7.11 Å². The zero-order valence-electron chi connectivity index (χ0n) is 16.3. The highest BCUT2D eigenvalue weighted by Gasteiger charge is 2.42. The summed E-state index contributed by atoms with van der Waals surface area (Å²) >= 11 is 0. The molecular weight excluding hydrogens is 402 g/mol. The van der Waals surface area contributed by atoms with Crippen molar-refractivity contribution in [2.45, 2.75) is 70.0 Å². The van der Waals surface area contributed by atoms with E-state index >= 15 is 0 Å². The first-order valence-corrected chi connectivity index (χ1v) is 9.28. The number of benzene rings is 1. The third-order valence-corrected chi connectivity index (χ3v) is 4.81. The van der Waals surface area contributed by atoms with Gasteiger partial charge < -0.3 is 15.4 Å². The molecule has 0 unspecified atom stereocenters. The fourth-order valence-corrected chi connectivity index (χ4v) is 3.57. The number of alkyl halides is 6. The number of carbonyl (C=O) groups is 1. The van der Waals surface area contributed by atoms with Crippen LogP contribution in [0.15, 0.2) is 12.1 Å². The van der Waals surface area contributed by atoms with Crippen LogP contribution < -0.4 is 15.4 Å². The Labute approximate surface area is 165 Å². The van der Waals surface area contributed by atoms with Crippen molar-refractivity contribution in [1.82, 2.24) is 10.6 Å². The largest absolute Gasteiger partial charge is 0.496 e. The van der Waals surface area contributed by atoms with E-state index < -0.39 is 46.7 Å². The zero-order chi connectivity index (χ0) is 22.0. The van der Waals surface area contributed by atoms with Crippen LogP contribution in [0.1, 0.15) is 61.0 Å². The van der Waals surface area contributed by atoms with Crippen molar-refractivity contribution in [2.24, 2.45) is 0 Å². The van der Waals surface area contributed by atoms with Gasteiger partial charge in [-0.1, -0.05) is 26.7 Å². The number of amides is 1.